The molecule has 1 saturated heterocycles. The average molecular weight is 307 g/mol. The van der Waals surface area contributed by atoms with Gasteiger partial charge in [-0.2, -0.15) is 5.10 Å². The molecular weight excluding hydrogens is 286 g/mol. The van der Waals surface area contributed by atoms with Crippen LogP contribution in [0.3, 0.4) is 0 Å². The van der Waals surface area contributed by atoms with E-state index in [4.69, 9.17) is 4.98 Å². The van der Waals surface area contributed by atoms with E-state index in [9.17, 15) is 0 Å². The molecule has 118 valence electrons. The lowest BCUT2D eigenvalue weighted by molar-refractivity contribution is 0.201. The zero-order valence-corrected chi connectivity index (χ0v) is 13.4. The quantitative estimate of drug-likeness (QED) is 0.746. The molecule has 3 heterocycles. The third-order valence-electron chi connectivity index (χ3n) is 4.66. The van der Waals surface area contributed by atoms with Crippen LogP contribution in [0.4, 0.5) is 0 Å². The molecule has 0 unspecified atom stereocenters. The highest BCUT2D eigenvalue weighted by molar-refractivity contribution is 5.76. The lowest BCUT2D eigenvalue weighted by Gasteiger charge is -2.28. The first kappa shape index (κ1) is 14.3. The first-order valence-corrected chi connectivity index (χ1v) is 8.21. The van der Waals surface area contributed by atoms with Crippen LogP contribution in [-0.2, 0) is 6.54 Å². The maximum absolute atomic E-state index is 4.69. The van der Waals surface area contributed by atoms with Gasteiger partial charge in [0.05, 0.1) is 29.1 Å². The van der Waals surface area contributed by atoms with Gasteiger partial charge < -0.3 is 4.90 Å². The molecule has 0 N–H and O–H groups in total. The molecule has 0 saturated carbocycles. The molecule has 3 aromatic rings. The van der Waals surface area contributed by atoms with Crippen LogP contribution in [0.15, 0.2) is 42.9 Å². The highest BCUT2D eigenvalue weighted by atomic mass is 15.3. The summed E-state index contributed by atoms with van der Waals surface area (Å²) in [6.45, 7) is 3.37. The van der Waals surface area contributed by atoms with Crippen LogP contribution in [0.2, 0.25) is 0 Å². The Balaban J connectivity index is 1.52. The number of aromatic nitrogens is 4. The smallest absolute Gasteiger partial charge is 0.0924 e. The van der Waals surface area contributed by atoms with Crippen LogP contribution in [0.25, 0.3) is 22.3 Å². The predicted octanol–water partition coefficient (Wildman–Crippen LogP) is 2.84. The maximum Gasteiger partial charge on any atom is 0.0924 e. The molecule has 1 fully saturated rings. The third-order valence-corrected chi connectivity index (χ3v) is 4.66. The van der Waals surface area contributed by atoms with Gasteiger partial charge in [-0.25, -0.2) is 4.98 Å². The fourth-order valence-electron chi connectivity index (χ4n) is 3.20. The van der Waals surface area contributed by atoms with E-state index in [0.717, 1.165) is 34.8 Å². The van der Waals surface area contributed by atoms with Gasteiger partial charge in [-0.05, 0) is 51.0 Å². The van der Waals surface area contributed by atoms with Crippen molar-refractivity contribution in [2.24, 2.45) is 5.92 Å². The summed E-state index contributed by atoms with van der Waals surface area (Å²) in [5, 5.41) is 4.52. The van der Waals surface area contributed by atoms with E-state index < -0.39 is 0 Å². The molecule has 4 rings (SSSR count). The Morgan fingerprint density at radius 2 is 1.87 bits per heavy atom. The van der Waals surface area contributed by atoms with Crippen molar-refractivity contribution in [2.45, 2.75) is 19.4 Å². The van der Waals surface area contributed by atoms with Gasteiger partial charge in [0.15, 0.2) is 0 Å². The Labute approximate surface area is 136 Å². The van der Waals surface area contributed by atoms with Gasteiger partial charge in [-0.1, -0.05) is 12.1 Å². The number of para-hydroxylation sites is 2. The van der Waals surface area contributed by atoms with Gasteiger partial charge in [-0.3, -0.25) is 9.67 Å². The first-order valence-electron chi connectivity index (χ1n) is 8.21. The van der Waals surface area contributed by atoms with Crippen LogP contribution in [0.5, 0.6) is 0 Å². The van der Waals surface area contributed by atoms with E-state index in [0.29, 0.717) is 0 Å². The average Bonchev–Trinajstić information content (AvgIpc) is 3.05. The Kier molecular flexibility index (Phi) is 3.79. The Bertz CT molecular complexity index is 802. The Hall–Kier alpha value is -2.27. The van der Waals surface area contributed by atoms with Gasteiger partial charge in [0.25, 0.3) is 0 Å². The lowest BCUT2D eigenvalue weighted by Crippen LogP contribution is -2.31. The molecule has 1 aromatic carbocycles. The SMILES string of the molecule is CN1CCC(Cn2cc(-c3cnc4ccccc4n3)cn2)CC1. The summed E-state index contributed by atoms with van der Waals surface area (Å²) in [5.74, 6) is 0.724. The second-order valence-corrected chi connectivity index (χ2v) is 6.44. The summed E-state index contributed by atoms with van der Waals surface area (Å²) in [4.78, 5) is 11.6. The highest BCUT2D eigenvalue weighted by Crippen LogP contribution is 2.21. The number of benzene rings is 1. The minimum Gasteiger partial charge on any atom is -0.306 e. The zero-order chi connectivity index (χ0) is 15.6. The van der Waals surface area contributed by atoms with E-state index in [-0.39, 0.29) is 0 Å². The largest absolute Gasteiger partial charge is 0.306 e. The van der Waals surface area contributed by atoms with E-state index >= 15 is 0 Å². The molecule has 5 nitrogen and oxygen atoms in total. The molecule has 1 aliphatic rings. The molecule has 23 heavy (non-hydrogen) atoms. The van der Waals surface area contributed by atoms with Gasteiger partial charge in [0, 0.05) is 18.3 Å². The van der Waals surface area contributed by atoms with Gasteiger partial charge in [-0.15, -0.1) is 0 Å². The monoisotopic (exact) mass is 307 g/mol. The number of hydrogen-bond acceptors (Lipinski definition) is 4. The van der Waals surface area contributed by atoms with Crippen LogP contribution in [0, 0.1) is 5.92 Å². The molecule has 1 aliphatic heterocycles. The Morgan fingerprint density at radius 1 is 1.09 bits per heavy atom. The summed E-state index contributed by atoms with van der Waals surface area (Å²) in [7, 11) is 2.20. The number of piperidine rings is 1. The third kappa shape index (κ3) is 3.10. The summed E-state index contributed by atoms with van der Waals surface area (Å²) < 4.78 is 2.06. The maximum atomic E-state index is 4.69. The fraction of sp³-hybridized carbons (Fsp3) is 0.389. The topological polar surface area (TPSA) is 46.8 Å². The normalized spacial score (nSPS) is 16.9. The number of fused-ring (bicyclic) bond motifs is 1. The van der Waals surface area contributed by atoms with E-state index in [1.54, 1.807) is 0 Å². The molecule has 0 bridgehead atoms. The molecule has 0 atom stereocenters. The van der Waals surface area contributed by atoms with Crippen LogP contribution in [0.1, 0.15) is 12.8 Å². The van der Waals surface area contributed by atoms with Crippen LogP contribution >= 0.6 is 0 Å². The molecule has 0 amide bonds. The summed E-state index contributed by atoms with van der Waals surface area (Å²) in [6, 6.07) is 7.95. The molecule has 0 spiro atoms. The van der Waals surface area contributed by atoms with Crippen molar-refractivity contribution < 1.29 is 0 Å². The predicted molar refractivity (Wildman–Crippen MR) is 91.0 cm³/mol. The molecule has 0 aliphatic carbocycles. The molecule has 5 heteroatoms. The van der Waals surface area contributed by atoms with Crippen molar-refractivity contribution in [2.75, 3.05) is 20.1 Å². The number of rotatable bonds is 3. The molecule has 2 aromatic heterocycles. The van der Waals surface area contributed by atoms with Gasteiger partial charge in [0.1, 0.15) is 0 Å². The molecule has 0 radical (unpaired) electrons. The van der Waals surface area contributed by atoms with Crippen molar-refractivity contribution in [1.29, 1.82) is 0 Å². The minimum absolute atomic E-state index is 0.724. The zero-order valence-electron chi connectivity index (χ0n) is 13.4. The minimum atomic E-state index is 0.724. The summed E-state index contributed by atoms with van der Waals surface area (Å²) in [6.07, 6.45) is 8.33. The van der Waals surface area contributed by atoms with Crippen molar-refractivity contribution in [3.63, 3.8) is 0 Å². The number of likely N-dealkylation sites (tertiary alicyclic amines) is 1. The van der Waals surface area contributed by atoms with Crippen molar-refractivity contribution in [3.8, 4) is 11.3 Å². The van der Waals surface area contributed by atoms with E-state index in [1.807, 2.05) is 36.7 Å². The van der Waals surface area contributed by atoms with E-state index in [1.165, 1.54) is 25.9 Å². The summed E-state index contributed by atoms with van der Waals surface area (Å²) in [5.41, 5.74) is 3.78. The summed E-state index contributed by atoms with van der Waals surface area (Å²) >= 11 is 0. The second kappa shape index (κ2) is 6.08. The van der Waals surface area contributed by atoms with Crippen LogP contribution in [-0.4, -0.2) is 44.8 Å². The molecular formula is C18H21N5. The van der Waals surface area contributed by atoms with Gasteiger partial charge >= 0.3 is 0 Å². The highest BCUT2D eigenvalue weighted by Gasteiger charge is 2.17. The fourth-order valence-corrected chi connectivity index (χ4v) is 3.20. The number of nitrogens with zero attached hydrogens (tertiary/aromatic N) is 5. The van der Waals surface area contributed by atoms with Crippen LogP contribution < -0.4 is 0 Å². The number of hydrogen-bond donors (Lipinski definition) is 0. The van der Waals surface area contributed by atoms with Crippen molar-refractivity contribution in [3.05, 3.63) is 42.9 Å². The van der Waals surface area contributed by atoms with Gasteiger partial charge in [0.2, 0.25) is 0 Å². The van der Waals surface area contributed by atoms with Crippen molar-refractivity contribution in [1.82, 2.24) is 24.6 Å². The first-order chi connectivity index (χ1) is 11.3. The standard InChI is InChI=1S/C18H21N5/c1-22-8-6-14(7-9-22)12-23-13-15(10-20-23)18-11-19-16-4-2-3-5-17(16)21-18/h2-5,10-11,13-14H,6-9,12H2,1H3. The lowest BCUT2D eigenvalue weighted by atomic mass is 9.97. The van der Waals surface area contributed by atoms with E-state index in [2.05, 4.69) is 32.9 Å². The van der Waals surface area contributed by atoms with Crippen molar-refractivity contribution >= 4 is 11.0 Å². The Morgan fingerprint density at radius 3 is 2.70 bits per heavy atom. The second-order valence-electron chi connectivity index (χ2n) is 6.44.